The summed E-state index contributed by atoms with van der Waals surface area (Å²) < 4.78 is 23.7. The van der Waals surface area contributed by atoms with Gasteiger partial charge in [-0.25, -0.2) is 14.0 Å². The lowest BCUT2D eigenvalue weighted by atomic mass is 10.1. The van der Waals surface area contributed by atoms with Crippen LogP contribution in [0.1, 0.15) is 6.42 Å². The molecule has 1 aliphatic rings. The highest BCUT2D eigenvalue weighted by Crippen LogP contribution is 2.27. The second-order valence-corrected chi connectivity index (χ2v) is 5.29. The van der Waals surface area contributed by atoms with Gasteiger partial charge in [-0.15, -0.1) is 0 Å². The molecule has 1 fully saturated rings. The SMILES string of the molecule is COc1cc(F)ccc1OCC[C@@H]1CN(C(=O)O)CCN1C(=O)O. The largest absolute Gasteiger partial charge is 0.493 e. The number of benzene rings is 1. The van der Waals surface area contributed by atoms with Crippen LogP contribution in [-0.2, 0) is 0 Å². The van der Waals surface area contributed by atoms with E-state index in [9.17, 15) is 19.1 Å². The summed E-state index contributed by atoms with van der Waals surface area (Å²) in [7, 11) is 1.39. The van der Waals surface area contributed by atoms with Crippen molar-refractivity contribution < 1.29 is 33.7 Å². The number of nitrogens with zero attached hydrogens (tertiary/aromatic N) is 2. The van der Waals surface area contributed by atoms with Crippen LogP contribution in [0.15, 0.2) is 18.2 Å². The fourth-order valence-corrected chi connectivity index (χ4v) is 2.59. The van der Waals surface area contributed by atoms with Crippen molar-refractivity contribution >= 4 is 12.2 Å². The average molecular weight is 342 g/mol. The minimum absolute atomic E-state index is 0.0888. The molecule has 2 rings (SSSR count). The van der Waals surface area contributed by atoms with Crippen LogP contribution in [0.5, 0.6) is 11.5 Å². The summed E-state index contributed by atoms with van der Waals surface area (Å²) in [5.74, 6) is 0.119. The number of carbonyl (C=O) groups is 2. The van der Waals surface area contributed by atoms with Crippen molar-refractivity contribution in [1.82, 2.24) is 9.80 Å². The third-order valence-electron chi connectivity index (χ3n) is 3.83. The first-order valence-electron chi connectivity index (χ1n) is 7.36. The Labute approximate surface area is 138 Å². The number of amides is 2. The average Bonchev–Trinajstić information content (AvgIpc) is 2.55. The molecule has 0 aromatic heterocycles. The van der Waals surface area contributed by atoms with Gasteiger partial charge in [0.25, 0.3) is 0 Å². The van der Waals surface area contributed by atoms with Gasteiger partial charge in [0.1, 0.15) is 5.82 Å². The summed E-state index contributed by atoms with van der Waals surface area (Å²) in [6.45, 7) is 0.492. The van der Waals surface area contributed by atoms with Crippen LogP contribution < -0.4 is 9.47 Å². The lowest BCUT2D eigenvalue weighted by Gasteiger charge is -2.38. The smallest absolute Gasteiger partial charge is 0.407 e. The number of carboxylic acid groups (broad SMARTS) is 2. The Balaban J connectivity index is 1.97. The van der Waals surface area contributed by atoms with Crippen LogP contribution in [-0.4, -0.2) is 71.6 Å². The number of hydrogen-bond acceptors (Lipinski definition) is 4. The maximum Gasteiger partial charge on any atom is 0.407 e. The van der Waals surface area contributed by atoms with E-state index in [2.05, 4.69) is 0 Å². The van der Waals surface area contributed by atoms with Gasteiger partial charge in [-0.3, -0.25) is 0 Å². The molecule has 1 aliphatic heterocycles. The molecule has 1 aromatic rings. The van der Waals surface area contributed by atoms with E-state index in [0.29, 0.717) is 12.2 Å². The summed E-state index contributed by atoms with van der Waals surface area (Å²) in [6.07, 6.45) is -1.87. The highest BCUT2D eigenvalue weighted by Gasteiger charge is 2.32. The van der Waals surface area contributed by atoms with E-state index in [1.54, 1.807) is 0 Å². The van der Waals surface area contributed by atoms with Crippen LogP contribution in [0, 0.1) is 5.82 Å². The van der Waals surface area contributed by atoms with Gasteiger partial charge in [-0.05, 0) is 12.1 Å². The first kappa shape index (κ1) is 17.6. The predicted molar refractivity (Wildman–Crippen MR) is 81.2 cm³/mol. The summed E-state index contributed by atoms with van der Waals surface area (Å²) in [4.78, 5) is 24.7. The Morgan fingerprint density at radius 3 is 2.62 bits per heavy atom. The monoisotopic (exact) mass is 342 g/mol. The van der Waals surface area contributed by atoms with Gasteiger partial charge in [-0.1, -0.05) is 0 Å². The van der Waals surface area contributed by atoms with Crippen molar-refractivity contribution in [3.05, 3.63) is 24.0 Å². The van der Waals surface area contributed by atoms with E-state index in [-0.39, 0.29) is 32.0 Å². The first-order valence-corrected chi connectivity index (χ1v) is 7.36. The molecular weight excluding hydrogens is 323 g/mol. The Kier molecular flexibility index (Phi) is 5.67. The topological polar surface area (TPSA) is 99.5 Å². The molecule has 0 saturated carbocycles. The quantitative estimate of drug-likeness (QED) is 0.848. The number of halogens is 1. The summed E-state index contributed by atoms with van der Waals surface area (Å²) in [5, 5.41) is 18.3. The molecule has 0 bridgehead atoms. The maximum atomic E-state index is 13.1. The molecule has 1 heterocycles. The van der Waals surface area contributed by atoms with E-state index < -0.39 is 24.0 Å². The second kappa shape index (κ2) is 7.71. The molecule has 0 unspecified atom stereocenters. The van der Waals surface area contributed by atoms with Crippen molar-refractivity contribution in [1.29, 1.82) is 0 Å². The van der Waals surface area contributed by atoms with E-state index in [1.165, 1.54) is 35.1 Å². The molecule has 9 heteroatoms. The zero-order valence-electron chi connectivity index (χ0n) is 13.1. The Hall–Kier alpha value is -2.71. The summed E-state index contributed by atoms with van der Waals surface area (Å²) in [5.41, 5.74) is 0. The highest BCUT2D eigenvalue weighted by atomic mass is 19.1. The lowest BCUT2D eigenvalue weighted by molar-refractivity contribution is 0.0561. The van der Waals surface area contributed by atoms with Crippen LogP contribution in [0.3, 0.4) is 0 Å². The molecule has 2 amide bonds. The normalized spacial score (nSPS) is 17.5. The molecular formula is C15H19FN2O6. The summed E-state index contributed by atoms with van der Waals surface area (Å²) >= 11 is 0. The van der Waals surface area contributed by atoms with E-state index in [1.807, 2.05) is 0 Å². The molecule has 132 valence electrons. The molecule has 0 radical (unpaired) electrons. The van der Waals surface area contributed by atoms with Gasteiger partial charge in [-0.2, -0.15) is 0 Å². The molecule has 1 saturated heterocycles. The number of rotatable bonds is 5. The summed E-state index contributed by atoms with van der Waals surface area (Å²) in [6, 6.07) is 3.34. The first-order chi connectivity index (χ1) is 11.4. The molecule has 1 aromatic carbocycles. The fourth-order valence-electron chi connectivity index (χ4n) is 2.59. The van der Waals surface area contributed by atoms with Crippen LogP contribution in [0.4, 0.5) is 14.0 Å². The van der Waals surface area contributed by atoms with Crippen LogP contribution in [0.2, 0.25) is 0 Å². The van der Waals surface area contributed by atoms with Crippen molar-refractivity contribution in [3.63, 3.8) is 0 Å². The fraction of sp³-hybridized carbons (Fsp3) is 0.467. The highest BCUT2D eigenvalue weighted by molar-refractivity contribution is 5.68. The van der Waals surface area contributed by atoms with Gasteiger partial charge < -0.3 is 29.5 Å². The minimum Gasteiger partial charge on any atom is -0.493 e. The molecule has 0 spiro atoms. The maximum absolute atomic E-state index is 13.1. The Bertz CT molecular complexity index is 612. The second-order valence-electron chi connectivity index (χ2n) is 5.29. The number of ether oxygens (including phenoxy) is 2. The third kappa shape index (κ3) is 4.18. The van der Waals surface area contributed by atoms with E-state index in [0.717, 1.165) is 0 Å². The minimum atomic E-state index is -1.09. The van der Waals surface area contributed by atoms with Crippen molar-refractivity contribution in [2.75, 3.05) is 33.4 Å². The van der Waals surface area contributed by atoms with Gasteiger partial charge in [0.15, 0.2) is 11.5 Å². The molecule has 0 aliphatic carbocycles. The zero-order chi connectivity index (χ0) is 17.7. The van der Waals surface area contributed by atoms with Gasteiger partial charge >= 0.3 is 12.2 Å². The molecule has 24 heavy (non-hydrogen) atoms. The third-order valence-corrected chi connectivity index (χ3v) is 3.83. The number of methoxy groups -OCH3 is 1. The predicted octanol–water partition coefficient (Wildman–Crippen LogP) is 1.95. The standard InChI is InChI=1S/C15H19FN2O6/c1-23-13-8-10(16)2-3-12(13)24-7-4-11-9-17(14(19)20)5-6-18(11)15(21)22/h2-3,8,11H,4-7,9H2,1H3,(H,19,20)(H,21,22)/t11-/m1/s1. The van der Waals surface area contributed by atoms with Crippen LogP contribution in [0.25, 0.3) is 0 Å². The molecule has 8 nitrogen and oxygen atoms in total. The lowest BCUT2D eigenvalue weighted by Crippen LogP contribution is -2.56. The van der Waals surface area contributed by atoms with Gasteiger partial charge in [0, 0.05) is 32.1 Å². The van der Waals surface area contributed by atoms with Crippen molar-refractivity contribution in [2.24, 2.45) is 0 Å². The molecule has 2 N–H and O–H groups in total. The van der Waals surface area contributed by atoms with Crippen molar-refractivity contribution in [2.45, 2.75) is 12.5 Å². The zero-order valence-corrected chi connectivity index (χ0v) is 13.1. The van der Waals surface area contributed by atoms with Crippen molar-refractivity contribution in [3.8, 4) is 11.5 Å². The van der Waals surface area contributed by atoms with Gasteiger partial charge in [0.05, 0.1) is 19.8 Å². The van der Waals surface area contributed by atoms with Gasteiger partial charge in [0.2, 0.25) is 0 Å². The number of hydrogen-bond donors (Lipinski definition) is 2. The van der Waals surface area contributed by atoms with E-state index in [4.69, 9.17) is 14.6 Å². The molecule has 1 atom stereocenters. The van der Waals surface area contributed by atoms with Crippen LogP contribution >= 0.6 is 0 Å². The van der Waals surface area contributed by atoms with E-state index >= 15 is 0 Å². The Morgan fingerprint density at radius 2 is 2.00 bits per heavy atom. The number of piperazine rings is 1. The Morgan fingerprint density at radius 1 is 1.25 bits per heavy atom.